The highest BCUT2D eigenvalue weighted by molar-refractivity contribution is 5.83. The lowest BCUT2D eigenvalue weighted by atomic mass is 10.4. The summed E-state index contributed by atoms with van der Waals surface area (Å²) >= 11 is 0. The van der Waals surface area contributed by atoms with Gasteiger partial charge in [0.25, 0.3) is 6.26 Å². The predicted octanol–water partition coefficient (Wildman–Crippen LogP) is 1.42. The van der Waals surface area contributed by atoms with Gasteiger partial charge in [-0.05, 0) is 12.6 Å². The molecule has 0 unspecified atom stereocenters. The Bertz CT molecular complexity index is 205. The highest BCUT2D eigenvalue weighted by Gasteiger charge is 1.95. The number of ether oxygens (including phenoxy) is 1. The van der Waals surface area contributed by atoms with Crippen LogP contribution in [0.25, 0.3) is 0 Å². The minimum absolute atomic E-state index is 0.361. The van der Waals surface area contributed by atoms with Gasteiger partial charge in [0.2, 0.25) is 0 Å². The van der Waals surface area contributed by atoms with Crippen molar-refractivity contribution in [2.24, 2.45) is 4.99 Å². The molecule has 4 nitrogen and oxygen atoms in total. The van der Waals surface area contributed by atoms with Crippen LogP contribution >= 0.6 is 0 Å². The van der Waals surface area contributed by atoms with E-state index < -0.39 is 0 Å². The Hall–Kier alpha value is -1.50. The van der Waals surface area contributed by atoms with E-state index in [1.807, 2.05) is 0 Å². The van der Waals surface area contributed by atoms with Crippen LogP contribution in [0, 0.1) is 11.5 Å². The Kier molecular flexibility index (Phi) is 7.60. The Balaban J connectivity index is 3.80. The Morgan fingerprint density at radius 3 is 3.08 bits per heavy atom. The molecule has 0 aromatic carbocycles. The third-order valence-electron chi connectivity index (χ3n) is 1.30. The van der Waals surface area contributed by atoms with Gasteiger partial charge in [0, 0.05) is 13.0 Å². The van der Waals surface area contributed by atoms with Crippen molar-refractivity contribution in [2.45, 2.75) is 19.8 Å². The summed E-state index contributed by atoms with van der Waals surface area (Å²) in [7, 11) is 0. The van der Waals surface area contributed by atoms with Crippen LogP contribution in [-0.2, 0) is 4.74 Å². The molecule has 0 fully saturated rings. The number of hydrogen-bond donors (Lipinski definition) is 1. The molecule has 0 heterocycles. The molecule has 0 aliphatic rings. The molecule has 0 aromatic rings. The van der Waals surface area contributed by atoms with Crippen LogP contribution in [0.3, 0.4) is 0 Å². The van der Waals surface area contributed by atoms with Crippen molar-refractivity contribution in [3.8, 4) is 6.26 Å². The zero-order valence-corrected chi connectivity index (χ0v) is 7.92. The topological polar surface area (TPSA) is 57.4 Å². The van der Waals surface area contributed by atoms with Gasteiger partial charge in [-0.2, -0.15) is 5.26 Å². The first-order valence-corrected chi connectivity index (χ1v) is 4.26. The maximum absolute atomic E-state index is 8.13. The van der Waals surface area contributed by atoms with Crippen LogP contribution < -0.4 is 5.32 Å². The maximum Gasteiger partial charge on any atom is 0.286 e. The lowest BCUT2D eigenvalue weighted by Crippen LogP contribution is -2.19. The zero-order valence-electron chi connectivity index (χ0n) is 7.92. The van der Waals surface area contributed by atoms with E-state index >= 15 is 0 Å². The van der Waals surface area contributed by atoms with E-state index in [2.05, 4.69) is 28.5 Å². The van der Waals surface area contributed by atoms with E-state index in [1.54, 1.807) is 12.5 Å². The Morgan fingerprint density at radius 2 is 2.54 bits per heavy atom. The number of amidine groups is 1. The van der Waals surface area contributed by atoms with Crippen molar-refractivity contribution in [3.63, 3.8) is 0 Å². The van der Waals surface area contributed by atoms with Crippen molar-refractivity contribution in [3.05, 3.63) is 12.8 Å². The normalized spacial score (nSPS) is 10.3. The molecule has 13 heavy (non-hydrogen) atoms. The standard InChI is InChI=1S/C9H15N3O/c1-3-6-12-9(11-4-2)5-7-13-8-10/h4H,2-3,5-7H2,1H3,(H,11,12). The number of aliphatic imine (C=N–C) groups is 1. The zero-order chi connectivity index (χ0) is 9.94. The van der Waals surface area contributed by atoms with Gasteiger partial charge >= 0.3 is 0 Å². The summed E-state index contributed by atoms with van der Waals surface area (Å²) < 4.78 is 4.54. The van der Waals surface area contributed by atoms with Crippen LogP contribution in [-0.4, -0.2) is 19.0 Å². The smallest absolute Gasteiger partial charge is 0.286 e. The minimum atomic E-state index is 0.361. The van der Waals surface area contributed by atoms with Crippen LogP contribution in [0.1, 0.15) is 19.8 Å². The molecule has 0 saturated carbocycles. The van der Waals surface area contributed by atoms with Crippen molar-refractivity contribution in [2.75, 3.05) is 13.2 Å². The van der Waals surface area contributed by atoms with Crippen LogP contribution in [0.2, 0.25) is 0 Å². The third-order valence-corrected chi connectivity index (χ3v) is 1.30. The Labute approximate surface area is 78.9 Å². The lowest BCUT2D eigenvalue weighted by Gasteiger charge is -2.04. The summed E-state index contributed by atoms with van der Waals surface area (Å²) in [6.45, 7) is 6.74. The summed E-state index contributed by atoms with van der Waals surface area (Å²) in [4.78, 5) is 4.25. The van der Waals surface area contributed by atoms with E-state index in [0.717, 1.165) is 18.8 Å². The number of nitriles is 1. The van der Waals surface area contributed by atoms with Crippen molar-refractivity contribution >= 4 is 5.84 Å². The molecule has 0 saturated heterocycles. The molecule has 0 aliphatic heterocycles. The summed E-state index contributed by atoms with van der Waals surface area (Å²) in [5.74, 6) is 0.812. The van der Waals surface area contributed by atoms with E-state index in [0.29, 0.717) is 13.0 Å². The molecule has 0 rings (SSSR count). The maximum atomic E-state index is 8.13. The molecule has 4 heteroatoms. The summed E-state index contributed by atoms with van der Waals surface area (Å²) in [6.07, 6.45) is 4.80. The third kappa shape index (κ3) is 6.88. The van der Waals surface area contributed by atoms with E-state index in [-0.39, 0.29) is 0 Å². The molecule has 0 bridgehead atoms. The second kappa shape index (κ2) is 8.60. The first-order chi connectivity index (χ1) is 6.35. The van der Waals surface area contributed by atoms with Gasteiger partial charge < -0.3 is 10.1 Å². The van der Waals surface area contributed by atoms with Gasteiger partial charge in [0.1, 0.15) is 12.4 Å². The quantitative estimate of drug-likeness (QED) is 0.292. The summed E-state index contributed by atoms with van der Waals surface area (Å²) in [6, 6.07) is 0. The molecule has 72 valence electrons. The van der Waals surface area contributed by atoms with Crippen molar-refractivity contribution in [1.82, 2.24) is 5.32 Å². The fourth-order valence-electron chi connectivity index (χ4n) is 0.755. The largest absolute Gasteiger partial charge is 0.427 e. The first-order valence-electron chi connectivity index (χ1n) is 4.26. The molecule has 0 radical (unpaired) electrons. The molecular weight excluding hydrogens is 166 g/mol. The second-order valence-electron chi connectivity index (χ2n) is 2.37. The van der Waals surface area contributed by atoms with Gasteiger partial charge in [0.05, 0.1) is 0 Å². The highest BCUT2D eigenvalue weighted by atomic mass is 16.5. The lowest BCUT2D eigenvalue weighted by molar-refractivity contribution is 0.280. The summed E-state index contributed by atoms with van der Waals surface area (Å²) in [5.41, 5.74) is 0. The SMILES string of the molecule is C=CNC(CCOC#N)=NCCC. The second-order valence-corrected chi connectivity index (χ2v) is 2.37. The fourth-order valence-corrected chi connectivity index (χ4v) is 0.755. The van der Waals surface area contributed by atoms with Gasteiger partial charge in [-0.25, -0.2) is 0 Å². The minimum Gasteiger partial charge on any atom is -0.427 e. The molecule has 0 amide bonds. The molecule has 1 N–H and O–H groups in total. The molecule has 0 aliphatic carbocycles. The molecule has 0 atom stereocenters. The number of rotatable bonds is 6. The van der Waals surface area contributed by atoms with Crippen LogP contribution in [0.5, 0.6) is 0 Å². The summed E-state index contributed by atoms with van der Waals surface area (Å²) in [5, 5.41) is 11.0. The van der Waals surface area contributed by atoms with Crippen molar-refractivity contribution < 1.29 is 4.74 Å². The van der Waals surface area contributed by atoms with Gasteiger partial charge in [0.15, 0.2) is 0 Å². The van der Waals surface area contributed by atoms with E-state index in [1.165, 1.54) is 0 Å². The average Bonchev–Trinajstić information content (AvgIpc) is 2.14. The first kappa shape index (κ1) is 11.5. The number of hydrogen-bond acceptors (Lipinski definition) is 3. The number of nitrogens with one attached hydrogen (secondary N) is 1. The van der Waals surface area contributed by atoms with E-state index in [4.69, 9.17) is 5.26 Å². The number of nitrogens with zero attached hydrogens (tertiary/aromatic N) is 2. The molecule has 0 spiro atoms. The predicted molar refractivity (Wildman–Crippen MR) is 52.1 cm³/mol. The average molecular weight is 181 g/mol. The van der Waals surface area contributed by atoms with Crippen molar-refractivity contribution in [1.29, 1.82) is 5.26 Å². The van der Waals surface area contributed by atoms with E-state index in [9.17, 15) is 0 Å². The van der Waals surface area contributed by atoms with Gasteiger partial charge in [-0.15, -0.1) is 0 Å². The van der Waals surface area contributed by atoms with Crippen LogP contribution in [0.4, 0.5) is 0 Å². The highest BCUT2D eigenvalue weighted by Crippen LogP contribution is 1.88. The Morgan fingerprint density at radius 1 is 1.77 bits per heavy atom. The van der Waals surface area contributed by atoms with Crippen LogP contribution in [0.15, 0.2) is 17.8 Å². The molecule has 0 aromatic heterocycles. The van der Waals surface area contributed by atoms with Gasteiger partial charge in [-0.3, -0.25) is 4.99 Å². The van der Waals surface area contributed by atoms with Gasteiger partial charge in [-0.1, -0.05) is 13.5 Å². The fraction of sp³-hybridized carbons (Fsp3) is 0.556. The molecular formula is C9H15N3O. The monoisotopic (exact) mass is 181 g/mol.